The van der Waals surface area contributed by atoms with Gasteiger partial charge in [-0.3, -0.25) is 4.18 Å². The average Bonchev–Trinajstić information content (AvgIpc) is 2.46. The molecular formula is C11H14N5O3S+. The Morgan fingerprint density at radius 3 is 2.80 bits per heavy atom. The Morgan fingerprint density at radius 2 is 2.20 bits per heavy atom. The van der Waals surface area contributed by atoms with Gasteiger partial charge in [0.1, 0.15) is 24.1 Å². The maximum Gasteiger partial charge on any atom is 0.273 e. The number of nitrogen functional groups attached to an aromatic ring is 1. The second kappa shape index (κ2) is 5.88. The molecule has 0 aromatic carbocycles. The molecule has 2 N–H and O–H groups in total. The molecule has 2 aromatic rings. The highest BCUT2D eigenvalue weighted by atomic mass is 32.2. The third-order valence-corrected chi connectivity index (χ3v) is 3.77. The molecule has 0 atom stereocenters. The van der Waals surface area contributed by atoms with Gasteiger partial charge in [0.05, 0.1) is 12.8 Å². The zero-order valence-electron chi connectivity index (χ0n) is 10.8. The van der Waals surface area contributed by atoms with Crippen LogP contribution in [0.3, 0.4) is 0 Å². The van der Waals surface area contributed by atoms with Gasteiger partial charge in [-0.15, -0.1) is 0 Å². The fourth-order valence-corrected chi connectivity index (χ4v) is 2.06. The smallest absolute Gasteiger partial charge is 0.273 e. The highest BCUT2D eigenvalue weighted by Crippen LogP contribution is 2.14. The topological polar surface area (TPSA) is 112 Å². The Morgan fingerprint density at radius 1 is 1.40 bits per heavy atom. The quantitative estimate of drug-likeness (QED) is 0.578. The summed E-state index contributed by atoms with van der Waals surface area (Å²) < 4.78 is 28.3. The predicted molar refractivity (Wildman–Crippen MR) is 70.7 cm³/mol. The van der Waals surface area contributed by atoms with Crippen molar-refractivity contribution in [2.45, 2.75) is 6.54 Å². The van der Waals surface area contributed by atoms with Crippen LogP contribution >= 0.6 is 0 Å². The first-order valence-electron chi connectivity index (χ1n) is 5.72. The Balaban J connectivity index is 2.11. The first-order chi connectivity index (χ1) is 9.50. The van der Waals surface area contributed by atoms with Crippen molar-refractivity contribution in [1.82, 2.24) is 15.1 Å². The minimum absolute atomic E-state index is 0.138. The summed E-state index contributed by atoms with van der Waals surface area (Å²) in [6, 6.07) is 3.41. The van der Waals surface area contributed by atoms with Crippen LogP contribution in [0.4, 0.5) is 5.82 Å². The Kier molecular flexibility index (Phi) is 4.20. The third-order valence-electron chi connectivity index (χ3n) is 2.58. The summed E-state index contributed by atoms with van der Waals surface area (Å²) in [7, 11) is -2.35. The molecule has 2 heterocycles. The molecule has 9 heteroatoms. The van der Waals surface area contributed by atoms with Crippen molar-refractivity contribution in [2.75, 3.05) is 18.6 Å². The molecule has 0 saturated heterocycles. The summed E-state index contributed by atoms with van der Waals surface area (Å²) in [6.45, 7) is 0.211. The zero-order valence-corrected chi connectivity index (χ0v) is 11.6. The second-order valence-electron chi connectivity index (χ2n) is 3.94. The maximum atomic E-state index is 11.2. The number of aryl methyl sites for hydroxylation is 1. The molecule has 0 aliphatic carbocycles. The molecule has 0 bridgehead atoms. The summed E-state index contributed by atoms with van der Waals surface area (Å²) in [5.41, 5.74) is 7.00. The summed E-state index contributed by atoms with van der Waals surface area (Å²) in [4.78, 5) is 7.89. The third kappa shape index (κ3) is 3.68. The number of aromatic nitrogens is 4. The molecule has 2 rings (SSSR count). The molecule has 0 unspecified atom stereocenters. The minimum Gasteiger partial charge on any atom is -0.384 e. The lowest BCUT2D eigenvalue weighted by Crippen LogP contribution is -2.40. The lowest BCUT2D eigenvalue weighted by atomic mass is 10.2. The highest BCUT2D eigenvalue weighted by Gasteiger charge is 2.14. The van der Waals surface area contributed by atoms with Crippen LogP contribution in [0.1, 0.15) is 0 Å². The predicted octanol–water partition coefficient (Wildman–Crippen LogP) is -0.615. The number of hydrogen-bond acceptors (Lipinski definition) is 7. The number of anilines is 1. The van der Waals surface area contributed by atoms with Gasteiger partial charge in [0, 0.05) is 17.7 Å². The van der Waals surface area contributed by atoms with Crippen molar-refractivity contribution < 1.29 is 17.3 Å². The van der Waals surface area contributed by atoms with Gasteiger partial charge in [-0.25, -0.2) is 9.97 Å². The van der Waals surface area contributed by atoms with Gasteiger partial charge >= 0.3 is 0 Å². The number of rotatable bonds is 5. The fraction of sp³-hybridized carbons (Fsp3) is 0.273. The van der Waals surface area contributed by atoms with Crippen LogP contribution in [0, 0.1) is 0 Å². The molecule has 0 spiro atoms. The van der Waals surface area contributed by atoms with E-state index < -0.39 is 10.1 Å². The van der Waals surface area contributed by atoms with E-state index in [1.54, 1.807) is 24.5 Å². The van der Waals surface area contributed by atoms with Gasteiger partial charge in [-0.05, 0) is 5.10 Å². The molecule has 2 aromatic heterocycles. The monoisotopic (exact) mass is 296 g/mol. The van der Waals surface area contributed by atoms with Crippen LogP contribution in [0.2, 0.25) is 0 Å². The van der Waals surface area contributed by atoms with Gasteiger partial charge in [-0.1, -0.05) is 4.68 Å². The van der Waals surface area contributed by atoms with Crippen molar-refractivity contribution in [3.05, 3.63) is 30.9 Å². The van der Waals surface area contributed by atoms with Gasteiger partial charge in [0.25, 0.3) is 10.1 Å². The van der Waals surface area contributed by atoms with Crippen molar-refractivity contribution in [3.63, 3.8) is 0 Å². The Bertz CT molecular complexity index is 687. The van der Waals surface area contributed by atoms with Crippen LogP contribution in [-0.4, -0.2) is 36.3 Å². The SMILES string of the molecule is COS(=O)(=O)CC[n+]1ccc(-c2cc(N)ncn2)cn1. The van der Waals surface area contributed by atoms with Crippen molar-refractivity contribution in [3.8, 4) is 11.3 Å². The molecule has 106 valence electrons. The summed E-state index contributed by atoms with van der Waals surface area (Å²) >= 11 is 0. The van der Waals surface area contributed by atoms with E-state index in [-0.39, 0.29) is 12.3 Å². The van der Waals surface area contributed by atoms with E-state index in [4.69, 9.17) is 5.73 Å². The normalized spacial score (nSPS) is 11.4. The standard InChI is InChI=1S/C11H14N5O3S/c1-19-20(17,18)5-4-16-3-2-9(7-15-16)10-6-11(12)14-8-13-10/h2-3,6-8H,4-5H2,1H3,(H2,12,13,14)/q+1. The van der Waals surface area contributed by atoms with Crippen LogP contribution < -0.4 is 10.4 Å². The van der Waals surface area contributed by atoms with Crippen LogP contribution in [0.5, 0.6) is 0 Å². The maximum absolute atomic E-state index is 11.2. The van der Waals surface area contributed by atoms with Crippen molar-refractivity contribution in [1.29, 1.82) is 0 Å². The molecule has 0 aliphatic rings. The van der Waals surface area contributed by atoms with Crippen molar-refractivity contribution in [2.24, 2.45) is 0 Å². The number of hydrogen-bond donors (Lipinski definition) is 1. The summed E-state index contributed by atoms with van der Waals surface area (Å²) in [5, 5.41) is 4.12. The van der Waals surface area contributed by atoms with Crippen LogP contribution in [0.25, 0.3) is 11.3 Å². The van der Waals surface area contributed by atoms with E-state index in [0.717, 1.165) is 12.7 Å². The molecule has 0 saturated carbocycles. The van der Waals surface area contributed by atoms with E-state index in [9.17, 15) is 8.42 Å². The first kappa shape index (κ1) is 14.3. The second-order valence-corrected chi connectivity index (χ2v) is 5.79. The molecule has 0 amide bonds. The van der Waals surface area contributed by atoms with Gasteiger partial charge in [-0.2, -0.15) is 8.42 Å². The van der Waals surface area contributed by atoms with E-state index >= 15 is 0 Å². The molecule has 0 aliphatic heterocycles. The molecule has 0 radical (unpaired) electrons. The lowest BCUT2D eigenvalue weighted by Gasteiger charge is -2.00. The van der Waals surface area contributed by atoms with E-state index in [1.807, 2.05) is 0 Å². The van der Waals surface area contributed by atoms with Crippen LogP contribution in [0.15, 0.2) is 30.9 Å². The minimum atomic E-state index is -3.48. The van der Waals surface area contributed by atoms with E-state index in [2.05, 4.69) is 19.2 Å². The lowest BCUT2D eigenvalue weighted by molar-refractivity contribution is -0.750. The zero-order chi connectivity index (χ0) is 14.6. The Labute approximate surface area is 116 Å². The summed E-state index contributed by atoms with van der Waals surface area (Å²) in [5.74, 6) is 0.235. The fourth-order valence-electron chi connectivity index (χ4n) is 1.49. The first-order valence-corrected chi connectivity index (χ1v) is 7.30. The average molecular weight is 296 g/mol. The largest absolute Gasteiger partial charge is 0.384 e. The number of nitrogens with two attached hydrogens (primary N) is 1. The number of nitrogens with zero attached hydrogens (tertiary/aromatic N) is 4. The molecule has 8 nitrogen and oxygen atoms in total. The Hall–Kier alpha value is -2.13. The molecular weight excluding hydrogens is 282 g/mol. The van der Waals surface area contributed by atoms with Gasteiger partial charge in [0.15, 0.2) is 12.7 Å². The van der Waals surface area contributed by atoms with Gasteiger partial charge < -0.3 is 5.73 Å². The van der Waals surface area contributed by atoms with Crippen LogP contribution in [-0.2, 0) is 20.8 Å². The van der Waals surface area contributed by atoms with E-state index in [0.29, 0.717) is 11.5 Å². The summed E-state index contributed by atoms with van der Waals surface area (Å²) in [6.07, 6.45) is 4.62. The van der Waals surface area contributed by atoms with Crippen molar-refractivity contribution >= 4 is 15.9 Å². The van der Waals surface area contributed by atoms with E-state index in [1.165, 1.54) is 11.0 Å². The molecule has 20 heavy (non-hydrogen) atoms. The highest BCUT2D eigenvalue weighted by molar-refractivity contribution is 7.86. The van der Waals surface area contributed by atoms with Gasteiger partial charge in [0.2, 0.25) is 0 Å². The molecule has 0 fully saturated rings.